The van der Waals surface area contributed by atoms with Crippen molar-refractivity contribution in [3.63, 3.8) is 0 Å². The lowest BCUT2D eigenvalue weighted by atomic mass is 9.88. The van der Waals surface area contributed by atoms with E-state index in [0.29, 0.717) is 0 Å². The van der Waals surface area contributed by atoms with Crippen LogP contribution >= 0.6 is 0 Å². The molecule has 0 unspecified atom stereocenters. The Bertz CT molecular complexity index is 295. The predicted octanol–water partition coefficient (Wildman–Crippen LogP) is 4.27. The Morgan fingerprint density at radius 1 is 1.00 bits per heavy atom. The van der Waals surface area contributed by atoms with Gasteiger partial charge in [-0.15, -0.1) is 0 Å². The molecule has 0 saturated carbocycles. The molecule has 0 amide bonds. The van der Waals surface area contributed by atoms with Crippen molar-refractivity contribution in [2.75, 3.05) is 0 Å². The maximum absolute atomic E-state index is 12.6. The summed E-state index contributed by atoms with van der Waals surface area (Å²) in [5.74, 6) is 0.199. The summed E-state index contributed by atoms with van der Waals surface area (Å²) < 4.78 is 29.6. The van der Waals surface area contributed by atoms with E-state index in [9.17, 15) is 8.78 Å². The number of hydrogen-bond donors (Lipinski definition) is 0. The third-order valence-electron chi connectivity index (χ3n) is 1.95. The lowest BCUT2D eigenvalue weighted by Crippen LogP contribution is -2.19. The molecule has 0 bridgehead atoms. The summed E-state index contributed by atoms with van der Waals surface area (Å²) in [6.07, 6.45) is -2.21. The number of ether oxygens (including phenoxy) is 1. The molecular weight excluding hydrogens is 210 g/mol. The van der Waals surface area contributed by atoms with Crippen molar-refractivity contribution in [1.29, 1.82) is 0 Å². The minimum Gasteiger partial charge on any atom is -0.433 e. The molecule has 1 aromatic rings. The normalized spacial score (nSPS) is 12.6. The lowest BCUT2D eigenvalue weighted by molar-refractivity contribution is -0.158. The molecule has 0 N–H and O–H groups in total. The zero-order valence-electron chi connectivity index (χ0n) is 10.2. The number of rotatable bonds is 3. The van der Waals surface area contributed by atoms with Crippen LogP contribution in [-0.2, 0) is 6.42 Å². The summed E-state index contributed by atoms with van der Waals surface area (Å²) >= 11 is 0. The third-order valence-corrected chi connectivity index (χ3v) is 1.95. The highest BCUT2D eigenvalue weighted by atomic mass is 19.3. The molecule has 1 rings (SSSR count). The summed E-state index contributed by atoms with van der Waals surface area (Å²) in [7, 11) is 0. The first kappa shape index (κ1) is 12.9. The topological polar surface area (TPSA) is 9.23 Å². The van der Waals surface area contributed by atoms with E-state index in [4.69, 9.17) is 0 Å². The minimum absolute atomic E-state index is 0.192. The van der Waals surface area contributed by atoms with Crippen molar-refractivity contribution < 1.29 is 13.5 Å². The average molecular weight is 228 g/mol. The second kappa shape index (κ2) is 4.40. The maximum Gasteiger partial charge on any atom is 0.394 e. The molecule has 0 heterocycles. The van der Waals surface area contributed by atoms with Gasteiger partial charge in [-0.05, 0) is 29.5 Å². The van der Waals surface area contributed by atoms with Gasteiger partial charge in [0.1, 0.15) is 5.75 Å². The Morgan fingerprint density at radius 2 is 1.50 bits per heavy atom. The monoisotopic (exact) mass is 228 g/mol. The Morgan fingerprint density at radius 3 is 1.88 bits per heavy atom. The minimum atomic E-state index is -3.12. The summed E-state index contributed by atoms with van der Waals surface area (Å²) in [5.41, 5.74) is 1.32. The van der Waals surface area contributed by atoms with Gasteiger partial charge in [0.05, 0.1) is 0 Å². The first-order chi connectivity index (χ1) is 7.16. The second-order valence-corrected chi connectivity index (χ2v) is 5.29. The molecule has 16 heavy (non-hydrogen) atoms. The fourth-order valence-corrected chi connectivity index (χ4v) is 1.49. The van der Waals surface area contributed by atoms with Crippen molar-refractivity contribution in [3.8, 4) is 5.75 Å². The Balaban J connectivity index is 2.69. The van der Waals surface area contributed by atoms with E-state index in [1.807, 2.05) is 12.1 Å². The quantitative estimate of drug-likeness (QED) is 0.750. The first-order valence-electron chi connectivity index (χ1n) is 5.31. The molecule has 0 aliphatic rings. The van der Waals surface area contributed by atoms with Crippen molar-refractivity contribution in [2.24, 2.45) is 5.41 Å². The molecule has 0 aromatic heterocycles. The molecule has 3 heteroatoms. The second-order valence-electron chi connectivity index (χ2n) is 5.29. The molecule has 1 nitrogen and oxygen atoms in total. The van der Waals surface area contributed by atoms with Gasteiger partial charge < -0.3 is 4.74 Å². The highest BCUT2D eigenvalue weighted by molar-refractivity contribution is 5.28. The van der Waals surface area contributed by atoms with Crippen LogP contribution in [0.4, 0.5) is 8.78 Å². The van der Waals surface area contributed by atoms with E-state index in [1.54, 1.807) is 12.1 Å². The molecule has 0 aliphatic carbocycles. The summed E-state index contributed by atoms with van der Waals surface area (Å²) in [4.78, 5) is 0. The number of halogens is 2. The largest absolute Gasteiger partial charge is 0.433 e. The van der Waals surface area contributed by atoms with Crippen LogP contribution in [0.2, 0.25) is 0 Å². The van der Waals surface area contributed by atoms with Crippen LogP contribution in [0.1, 0.15) is 33.3 Å². The predicted molar refractivity (Wildman–Crippen MR) is 60.9 cm³/mol. The van der Waals surface area contributed by atoms with Gasteiger partial charge >= 0.3 is 6.11 Å². The molecule has 0 spiro atoms. The van der Waals surface area contributed by atoms with Gasteiger partial charge in [-0.3, -0.25) is 0 Å². The van der Waals surface area contributed by atoms with Crippen LogP contribution < -0.4 is 4.74 Å². The third kappa shape index (κ3) is 5.10. The van der Waals surface area contributed by atoms with Gasteiger partial charge in [0.2, 0.25) is 0 Å². The summed E-state index contributed by atoms with van der Waals surface area (Å²) in [6, 6.07) is 6.82. The Labute approximate surface area is 95.4 Å². The Kier molecular flexibility index (Phi) is 3.56. The van der Waals surface area contributed by atoms with Crippen molar-refractivity contribution in [2.45, 2.75) is 40.2 Å². The molecule has 1 aromatic carbocycles. The van der Waals surface area contributed by atoms with Crippen LogP contribution in [0.5, 0.6) is 5.75 Å². The molecule has 0 aliphatic heterocycles. The average Bonchev–Trinajstić information content (AvgIpc) is 2.03. The van der Waals surface area contributed by atoms with Crippen LogP contribution in [-0.4, -0.2) is 6.11 Å². The molecule has 0 radical (unpaired) electrons. The molecule has 0 saturated heterocycles. The van der Waals surface area contributed by atoms with Gasteiger partial charge in [0.15, 0.2) is 0 Å². The van der Waals surface area contributed by atoms with E-state index in [-0.39, 0.29) is 11.2 Å². The van der Waals surface area contributed by atoms with Crippen molar-refractivity contribution in [3.05, 3.63) is 29.8 Å². The van der Waals surface area contributed by atoms with Crippen LogP contribution in [0, 0.1) is 5.41 Å². The fourth-order valence-electron chi connectivity index (χ4n) is 1.49. The van der Waals surface area contributed by atoms with E-state index in [2.05, 4.69) is 25.5 Å². The van der Waals surface area contributed by atoms with E-state index in [0.717, 1.165) is 18.9 Å². The Hall–Kier alpha value is -1.12. The van der Waals surface area contributed by atoms with Gasteiger partial charge in [-0.2, -0.15) is 8.78 Å². The molecule has 90 valence electrons. The van der Waals surface area contributed by atoms with Crippen LogP contribution in [0.3, 0.4) is 0 Å². The number of hydrogen-bond acceptors (Lipinski definition) is 1. The zero-order chi connectivity index (χ0) is 12.4. The maximum atomic E-state index is 12.6. The number of benzene rings is 1. The fraction of sp³-hybridized carbons (Fsp3) is 0.538. The van der Waals surface area contributed by atoms with E-state index in [1.165, 1.54) is 0 Å². The van der Waals surface area contributed by atoms with Gasteiger partial charge in [-0.25, -0.2) is 0 Å². The van der Waals surface area contributed by atoms with Gasteiger partial charge in [0.25, 0.3) is 0 Å². The first-order valence-corrected chi connectivity index (χ1v) is 5.31. The SMILES string of the molecule is CC(C)(C)Cc1ccc(OC(C)(F)F)cc1. The summed E-state index contributed by atoms with van der Waals surface area (Å²) in [5, 5.41) is 0. The smallest absolute Gasteiger partial charge is 0.394 e. The molecular formula is C13H18F2O. The van der Waals surface area contributed by atoms with Gasteiger partial charge in [0, 0.05) is 6.92 Å². The highest BCUT2D eigenvalue weighted by Gasteiger charge is 2.23. The van der Waals surface area contributed by atoms with Crippen molar-refractivity contribution in [1.82, 2.24) is 0 Å². The standard InChI is InChI=1S/C13H18F2O/c1-12(2,3)9-10-5-7-11(8-6-10)16-13(4,14)15/h5-8H,9H2,1-4H3. The zero-order valence-corrected chi connectivity index (χ0v) is 10.2. The summed E-state index contributed by atoms with van der Waals surface area (Å²) in [6.45, 7) is 7.14. The van der Waals surface area contributed by atoms with Crippen molar-refractivity contribution >= 4 is 0 Å². The molecule has 0 fully saturated rings. The molecule has 0 atom stereocenters. The highest BCUT2D eigenvalue weighted by Crippen LogP contribution is 2.24. The van der Waals surface area contributed by atoms with Crippen LogP contribution in [0.25, 0.3) is 0 Å². The van der Waals surface area contributed by atoms with Crippen LogP contribution in [0.15, 0.2) is 24.3 Å². The number of alkyl halides is 2. The van der Waals surface area contributed by atoms with E-state index >= 15 is 0 Å². The van der Waals surface area contributed by atoms with E-state index < -0.39 is 6.11 Å². The van der Waals surface area contributed by atoms with Gasteiger partial charge in [-0.1, -0.05) is 32.9 Å². The lowest BCUT2D eigenvalue weighted by Gasteiger charge is -2.18.